The monoisotopic (exact) mass is 462 g/mol. The van der Waals surface area contributed by atoms with Crippen LogP contribution in [-0.2, 0) is 0 Å². The van der Waals surface area contributed by atoms with E-state index in [0.29, 0.717) is 5.46 Å². The average Bonchev–Trinajstić information content (AvgIpc) is 2.76. The van der Waals surface area contributed by atoms with Crippen LogP contribution in [0.1, 0.15) is 11.4 Å². The van der Waals surface area contributed by atoms with Crippen LogP contribution >= 0.6 is 15.9 Å². The zero-order chi connectivity index (χ0) is 21.8. The van der Waals surface area contributed by atoms with Gasteiger partial charge in [-0.05, 0) is 59.5 Å². The summed E-state index contributed by atoms with van der Waals surface area (Å²) in [6.07, 6.45) is 0. The van der Waals surface area contributed by atoms with Gasteiger partial charge in [-0.25, -0.2) is 4.98 Å². The zero-order valence-electron chi connectivity index (χ0n) is 17.0. The first-order valence-corrected chi connectivity index (χ1v) is 10.2. The molecule has 0 aliphatic heterocycles. The van der Waals surface area contributed by atoms with E-state index in [1.54, 1.807) is 24.3 Å². The molecule has 0 fully saturated rings. The van der Waals surface area contributed by atoms with Gasteiger partial charge in [-0.3, -0.25) is 4.98 Å². The van der Waals surface area contributed by atoms with Crippen molar-refractivity contribution in [1.82, 2.24) is 9.97 Å². The van der Waals surface area contributed by atoms with Crippen molar-refractivity contribution in [3.8, 4) is 11.3 Å². The molecule has 0 atom stereocenters. The van der Waals surface area contributed by atoms with Crippen molar-refractivity contribution < 1.29 is 10.0 Å². The topological polar surface area (TPSA) is 66.2 Å². The van der Waals surface area contributed by atoms with Crippen molar-refractivity contribution in [1.29, 1.82) is 0 Å². The number of rotatable bonds is 2. The largest absolute Gasteiger partial charge is 0.488 e. The van der Waals surface area contributed by atoms with Gasteiger partial charge in [-0.2, -0.15) is 0 Å². The predicted octanol–water partition coefficient (Wildman–Crippen LogP) is 4.58. The maximum absolute atomic E-state index is 8.58. The maximum atomic E-state index is 8.58. The quantitative estimate of drug-likeness (QED) is 0.338. The fraction of sp³-hybridized carbons (Fsp3) is 0.0833. The molecule has 152 valence electrons. The molecule has 0 aliphatic rings. The van der Waals surface area contributed by atoms with E-state index in [1.807, 2.05) is 74.5 Å². The summed E-state index contributed by atoms with van der Waals surface area (Å²) >= 11 is 3.25. The molecule has 4 aromatic rings. The molecule has 0 unspecified atom stereocenters. The van der Waals surface area contributed by atoms with E-state index < -0.39 is 7.12 Å². The van der Waals surface area contributed by atoms with Crippen LogP contribution in [0.25, 0.3) is 11.3 Å². The highest BCUT2D eigenvalue weighted by Crippen LogP contribution is 2.15. The van der Waals surface area contributed by atoms with Gasteiger partial charge in [0.15, 0.2) is 0 Å². The van der Waals surface area contributed by atoms with E-state index >= 15 is 0 Å². The minimum Gasteiger partial charge on any atom is -0.423 e. The molecular formula is C24H24BBrN2O2. The number of pyridine rings is 2. The summed E-state index contributed by atoms with van der Waals surface area (Å²) in [4.78, 5) is 8.53. The SMILES string of the molecule is Cc1cccc(-c2ccccc2)n1.Cc1cccc(Br)n1.OB(O)c1ccccc1. The van der Waals surface area contributed by atoms with Crippen molar-refractivity contribution in [2.24, 2.45) is 0 Å². The van der Waals surface area contributed by atoms with Crippen molar-refractivity contribution in [2.45, 2.75) is 13.8 Å². The van der Waals surface area contributed by atoms with Crippen LogP contribution in [0.5, 0.6) is 0 Å². The summed E-state index contributed by atoms with van der Waals surface area (Å²) in [6, 6.07) is 30.8. The van der Waals surface area contributed by atoms with Gasteiger partial charge < -0.3 is 10.0 Å². The van der Waals surface area contributed by atoms with Crippen molar-refractivity contribution in [2.75, 3.05) is 0 Å². The molecule has 0 aliphatic carbocycles. The van der Waals surface area contributed by atoms with Gasteiger partial charge in [0.1, 0.15) is 4.60 Å². The van der Waals surface area contributed by atoms with Crippen LogP contribution in [0.15, 0.2) is 102 Å². The average molecular weight is 463 g/mol. The lowest BCUT2D eigenvalue weighted by Crippen LogP contribution is -2.29. The molecule has 0 radical (unpaired) electrons. The van der Waals surface area contributed by atoms with Gasteiger partial charge >= 0.3 is 7.12 Å². The fourth-order valence-electron chi connectivity index (χ4n) is 2.45. The van der Waals surface area contributed by atoms with Gasteiger partial charge in [-0.15, -0.1) is 0 Å². The predicted molar refractivity (Wildman–Crippen MR) is 127 cm³/mol. The Morgan fingerprint density at radius 2 is 1.17 bits per heavy atom. The molecule has 2 N–H and O–H groups in total. The minimum absolute atomic E-state index is 0.525. The van der Waals surface area contributed by atoms with E-state index in [0.717, 1.165) is 21.7 Å². The molecule has 2 aromatic heterocycles. The Hall–Kier alpha value is -2.80. The second kappa shape index (κ2) is 12.7. The molecule has 30 heavy (non-hydrogen) atoms. The van der Waals surface area contributed by atoms with E-state index in [2.05, 4.69) is 38.0 Å². The van der Waals surface area contributed by atoms with Crippen LogP contribution in [0.3, 0.4) is 0 Å². The number of hydrogen-bond acceptors (Lipinski definition) is 4. The van der Waals surface area contributed by atoms with E-state index in [-0.39, 0.29) is 0 Å². The fourth-order valence-corrected chi connectivity index (χ4v) is 2.88. The third-order valence-electron chi connectivity index (χ3n) is 3.91. The molecule has 2 heterocycles. The standard InChI is InChI=1S/C12H11N.C6H7BO2.C6H6BrN/c1-10-6-5-9-12(13-10)11-7-3-2-4-8-11;8-7(9)6-4-2-1-3-5-6;1-5-3-2-4-6(7)8-5/h2-9H,1H3;1-5,8-9H;2-4H,1H3. The molecule has 4 rings (SSSR count). The van der Waals surface area contributed by atoms with Crippen molar-refractivity contribution >= 4 is 28.5 Å². The molecule has 0 saturated heterocycles. The Morgan fingerprint density at radius 1 is 0.633 bits per heavy atom. The second-order valence-electron chi connectivity index (χ2n) is 6.42. The first-order valence-electron chi connectivity index (χ1n) is 9.45. The Kier molecular flexibility index (Phi) is 9.94. The highest BCUT2D eigenvalue weighted by molar-refractivity contribution is 9.10. The normalized spacial score (nSPS) is 9.50. The Labute approximate surface area is 186 Å². The van der Waals surface area contributed by atoms with Crippen molar-refractivity contribution in [3.05, 3.63) is 113 Å². The van der Waals surface area contributed by atoms with Gasteiger partial charge in [0.2, 0.25) is 0 Å². The Balaban J connectivity index is 0.000000167. The molecule has 4 nitrogen and oxygen atoms in total. The second-order valence-corrected chi connectivity index (χ2v) is 7.23. The molecule has 6 heteroatoms. The Morgan fingerprint density at radius 3 is 1.60 bits per heavy atom. The zero-order valence-corrected chi connectivity index (χ0v) is 18.6. The van der Waals surface area contributed by atoms with Gasteiger partial charge in [0, 0.05) is 17.0 Å². The number of benzene rings is 2. The van der Waals surface area contributed by atoms with Crippen LogP contribution in [-0.4, -0.2) is 27.1 Å². The molecule has 0 amide bonds. The van der Waals surface area contributed by atoms with E-state index in [9.17, 15) is 0 Å². The highest BCUT2D eigenvalue weighted by Gasteiger charge is 2.07. The van der Waals surface area contributed by atoms with Gasteiger partial charge in [0.05, 0.1) is 5.69 Å². The molecule has 0 spiro atoms. The summed E-state index contributed by atoms with van der Waals surface area (Å²) < 4.78 is 0.900. The molecular weight excluding hydrogens is 439 g/mol. The summed E-state index contributed by atoms with van der Waals surface area (Å²) in [5.41, 5.74) is 4.84. The summed E-state index contributed by atoms with van der Waals surface area (Å²) in [5, 5.41) is 17.2. The van der Waals surface area contributed by atoms with Crippen LogP contribution in [0, 0.1) is 13.8 Å². The van der Waals surface area contributed by atoms with Gasteiger partial charge in [0.25, 0.3) is 0 Å². The van der Waals surface area contributed by atoms with E-state index in [4.69, 9.17) is 10.0 Å². The van der Waals surface area contributed by atoms with Gasteiger partial charge in [-0.1, -0.05) is 72.8 Å². The van der Waals surface area contributed by atoms with Crippen LogP contribution in [0.4, 0.5) is 0 Å². The molecule has 2 aromatic carbocycles. The van der Waals surface area contributed by atoms with Crippen LogP contribution in [0.2, 0.25) is 0 Å². The first-order chi connectivity index (χ1) is 14.5. The number of aromatic nitrogens is 2. The number of aryl methyl sites for hydroxylation is 2. The number of halogens is 1. The lowest BCUT2D eigenvalue weighted by molar-refractivity contribution is 0.426. The maximum Gasteiger partial charge on any atom is 0.488 e. The lowest BCUT2D eigenvalue weighted by Gasteiger charge is -2.00. The summed E-state index contributed by atoms with van der Waals surface area (Å²) in [6.45, 7) is 3.97. The smallest absolute Gasteiger partial charge is 0.423 e. The highest BCUT2D eigenvalue weighted by atomic mass is 79.9. The summed E-state index contributed by atoms with van der Waals surface area (Å²) in [7, 11) is -1.34. The molecule has 0 saturated carbocycles. The number of nitrogens with zero attached hydrogens (tertiary/aromatic N) is 2. The van der Waals surface area contributed by atoms with Crippen molar-refractivity contribution in [3.63, 3.8) is 0 Å². The lowest BCUT2D eigenvalue weighted by atomic mass is 9.81. The third-order valence-corrected chi connectivity index (χ3v) is 4.35. The Bertz CT molecular complexity index is 998. The first kappa shape index (κ1) is 23.5. The third kappa shape index (κ3) is 8.70. The minimum atomic E-state index is -1.34. The van der Waals surface area contributed by atoms with Crippen LogP contribution < -0.4 is 5.46 Å². The summed E-state index contributed by atoms with van der Waals surface area (Å²) in [5.74, 6) is 0. The number of hydrogen-bond donors (Lipinski definition) is 2. The molecule has 0 bridgehead atoms. The van der Waals surface area contributed by atoms with E-state index in [1.165, 1.54) is 5.56 Å².